The highest BCUT2D eigenvalue weighted by atomic mass is 16.1. The average molecular weight is 214 g/mol. The molecule has 2 rings (SSSR count). The smallest absolute Gasteiger partial charge is 0.153 e. The summed E-state index contributed by atoms with van der Waals surface area (Å²) in [6, 6.07) is 6.10. The summed E-state index contributed by atoms with van der Waals surface area (Å²) in [4.78, 5) is 10.8. The molecule has 0 radical (unpaired) electrons. The van der Waals surface area contributed by atoms with Crippen LogP contribution in [0, 0.1) is 20.8 Å². The van der Waals surface area contributed by atoms with Gasteiger partial charge in [0.05, 0.1) is 16.9 Å². The van der Waals surface area contributed by atoms with Crippen molar-refractivity contribution in [1.82, 2.24) is 9.78 Å². The van der Waals surface area contributed by atoms with Gasteiger partial charge in [-0.2, -0.15) is 5.10 Å². The first-order valence-electron chi connectivity index (χ1n) is 5.21. The van der Waals surface area contributed by atoms with Gasteiger partial charge in [0.2, 0.25) is 0 Å². The number of benzene rings is 1. The molecule has 0 aliphatic heterocycles. The molecule has 0 atom stereocenters. The van der Waals surface area contributed by atoms with Crippen LogP contribution in [0.2, 0.25) is 0 Å². The number of aldehydes is 1. The van der Waals surface area contributed by atoms with Crippen LogP contribution in [0.15, 0.2) is 24.4 Å². The Hall–Kier alpha value is -1.90. The number of hydrogen-bond donors (Lipinski definition) is 0. The molecule has 1 heterocycles. The molecule has 0 saturated heterocycles. The zero-order valence-corrected chi connectivity index (χ0v) is 9.69. The standard InChI is InChI=1S/C13H14N2O/c1-9-5-4-6-10(2)13(9)15-7-12(8-16)11(3)14-15/h4-8H,1-3H3. The minimum atomic E-state index is 0.641. The average Bonchev–Trinajstić information content (AvgIpc) is 2.59. The van der Waals surface area contributed by atoms with Gasteiger partial charge in [-0.05, 0) is 31.9 Å². The highest BCUT2D eigenvalue weighted by Crippen LogP contribution is 2.19. The van der Waals surface area contributed by atoms with E-state index >= 15 is 0 Å². The van der Waals surface area contributed by atoms with Crippen LogP contribution in [-0.4, -0.2) is 16.1 Å². The van der Waals surface area contributed by atoms with Crippen molar-refractivity contribution in [2.24, 2.45) is 0 Å². The predicted octanol–water partition coefficient (Wildman–Crippen LogP) is 2.61. The molecule has 0 N–H and O–H groups in total. The molecule has 16 heavy (non-hydrogen) atoms. The van der Waals surface area contributed by atoms with Crippen LogP contribution in [0.4, 0.5) is 0 Å². The van der Waals surface area contributed by atoms with Crippen molar-refractivity contribution in [1.29, 1.82) is 0 Å². The van der Waals surface area contributed by atoms with E-state index in [-0.39, 0.29) is 0 Å². The largest absolute Gasteiger partial charge is 0.298 e. The predicted molar refractivity (Wildman–Crippen MR) is 63.2 cm³/mol. The third kappa shape index (κ3) is 1.65. The summed E-state index contributed by atoms with van der Waals surface area (Å²) < 4.78 is 1.78. The monoisotopic (exact) mass is 214 g/mol. The Balaban J connectivity index is 2.63. The minimum Gasteiger partial charge on any atom is -0.298 e. The topological polar surface area (TPSA) is 34.9 Å². The first kappa shape index (κ1) is 10.6. The Kier molecular flexibility index (Phi) is 2.60. The number of para-hydroxylation sites is 1. The minimum absolute atomic E-state index is 0.641. The number of aromatic nitrogens is 2. The van der Waals surface area contributed by atoms with E-state index in [9.17, 15) is 4.79 Å². The van der Waals surface area contributed by atoms with Gasteiger partial charge in [0, 0.05) is 6.20 Å². The fourth-order valence-corrected chi connectivity index (χ4v) is 1.87. The van der Waals surface area contributed by atoms with E-state index in [1.54, 1.807) is 10.9 Å². The molecule has 82 valence electrons. The zero-order chi connectivity index (χ0) is 11.7. The van der Waals surface area contributed by atoms with E-state index in [4.69, 9.17) is 0 Å². The van der Waals surface area contributed by atoms with Gasteiger partial charge >= 0.3 is 0 Å². The van der Waals surface area contributed by atoms with E-state index in [1.165, 1.54) is 0 Å². The quantitative estimate of drug-likeness (QED) is 0.720. The third-order valence-electron chi connectivity index (χ3n) is 2.73. The van der Waals surface area contributed by atoms with Crippen LogP contribution >= 0.6 is 0 Å². The molecule has 3 nitrogen and oxygen atoms in total. The number of rotatable bonds is 2. The van der Waals surface area contributed by atoms with Crippen molar-refractivity contribution < 1.29 is 4.79 Å². The maximum Gasteiger partial charge on any atom is 0.153 e. The lowest BCUT2D eigenvalue weighted by molar-refractivity contribution is 0.112. The molecule has 1 aromatic carbocycles. The highest BCUT2D eigenvalue weighted by molar-refractivity contribution is 5.76. The summed E-state index contributed by atoms with van der Waals surface area (Å²) >= 11 is 0. The van der Waals surface area contributed by atoms with Crippen molar-refractivity contribution >= 4 is 6.29 Å². The van der Waals surface area contributed by atoms with E-state index in [2.05, 4.69) is 5.10 Å². The first-order valence-corrected chi connectivity index (χ1v) is 5.21. The summed E-state index contributed by atoms with van der Waals surface area (Å²) in [6.07, 6.45) is 2.62. The SMILES string of the molecule is Cc1cccc(C)c1-n1cc(C=O)c(C)n1. The van der Waals surface area contributed by atoms with Crippen molar-refractivity contribution in [3.63, 3.8) is 0 Å². The first-order chi connectivity index (χ1) is 7.63. The molecule has 0 unspecified atom stereocenters. The zero-order valence-electron chi connectivity index (χ0n) is 9.69. The molecule has 0 fully saturated rings. The Morgan fingerprint density at radius 2 is 1.81 bits per heavy atom. The number of hydrogen-bond acceptors (Lipinski definition) is 2. The van der Waals surface area contributed by atoms with Crippen LogP contribution in [0.5, 0.6) is 0 Å². The van der Waals surface area contributed by atoms with Crippen LogP contribution in [0.25, 0.3) is 5.69 Å². The molecule has 1 aromatic heterocycles. The normalized spacial score (nSPS) is 10.4. The van der Waals surface area contributed by atoms with E-state index in [1.807, 2.05) is 39.0 Å². The summed E-state index contributed by atoms with van der Waals surface area (Å²) in [5, 5.41) is 4.36. The number of carbonyl (C=O) groups excluding carboxylic acids is 1. The molecular weight excluding hydrogens is 200 g/mol. The Morgan fingerprint density at radius 1 is 1.19 bits per heavy atom. The molecule has 2 aromatic rings. The van der Waals surface area contributed by atoms with Crippen LogP contribution in [0.1, 0.15) is 27.2 Å². The van der Waals surface area contributed by atoms with E-state index in [0.717, 1.165) is 28.8 Å². The summed E-state index contributed by atoms with van der Waals surface area (Å²) in [5.41, 5.74) is 4.76. The lowest BCUT2D eigenvalue weighted by atomic mass is 10.1. The number of carbonyl (C=O) groups is 1. The fourth-order valence-electron chi connectivity index (χ4n) is 1.87. The second kappa shape index (κ2) is 3.93. The molecule has 0 amide bonds. The molecule has 0 aliphatic rings. The number of nitrogens with zero attached hydrogens (tertiary/aromatic N) is 2. The van der Waals surface area contributed by atoms with Gasteiger partial charge in [0.1, 0.15) is 0 Å². The third-order valence-corrected chi connectivity index (χ3v) is 2.73. The van der Waals surface area contributed by atoms with Crippen molar-refractivity contribution in [2.45, 2.75) is 20.8 Å². The Labute approximate surface area is 94.7 Å². The maximum absolute atomic E-state index is 10.8. The molecule has 3 heteroatoms. The van der Waals surface area contributed by atoms with Gasteiger partial charge in [0.25, 0.3) is 0 Å². The maximum atomic E-state index is 10.8. The van der Waals surface area contributed by atoms with Crippen molar-refractivity contribution in [2.75, 3.05) is 0 Å². The van der Waals surface area contributed by atoms with E-state index < -0.39 is 0 Å². The summed E-state index contributed by atoms with van der Waals surface area (Å²) in [6.45, 7) is 5.92. The Bertz CT molecular complexity index is 521. The van der Waals surface area contributed by atoms with Gasteiger partial charge < -0.3 is 0 Å². The molecule has 0 aliphatic carbocycles. The van der Waals surface area contributed by atoms with Crippen molar-refractivity contribution in [3.8, 4) is 5.69 Å². The molecule has 0 bridgehead atoms. The van der Waals surface area contributed by atoms with Crippen LogP contribution in [-0.2, 0) is 0 Å². The van der Waals surface area contributed by atoms with Gasteiger partial charge in [0.15, 0.2) is 6.29 Å². The molecule has 0 spiro atoms. The van der Waals surface area contributed by atoms with Gasteiger partial charge in [-0.1, -0.05) is 18.2 Å². The molecular formula is C13H14N2O. The highest BCUT2D eigenvalue weighted by Gasteiger charge is 2.09. The second-order valence-electron chi connectivity index (χ2n) is 3.97. The van der Waals surface area contributed by atoms with E-state index in [0.29, 0.717) is 5.56 Å². The van der Waals surface area contributed by atoms with Gasteiger partial charge in [-0.25, -0.2) is 4.68 Å². The van der Waals surface area contributed by atoms with Gasteiger partial charge in [-0.15, -0.1) is 0 Å². The number of aryl methyl sites for hydroxylation is 3. The summed E-state index contributed by atoms with van der Waals surface area (Å²) in [5.74, 6) is 0. The lowest BCUT2D eigenvalue weighted by Gasteiger charge is -2.08. The Morgan fingerprint density at radius 3 is 2.31 bits per heavy atom. The lowest BCUT2D eigenvalue weighted by Crippen LogP contribution is -2.00. The van der Waals surface area contributed by atoms with Gasteiger partial charge in [-0.3, -0.25) is 4.79 Å². The summed E-state index contributed by atoms with van der Waals surface area (Å²) in [7, 11) is 0. The second-order valence-corrected chi connectivity index (χ2v) is 3.97. The van der Waals surface area contributed by atoms with Crippen LogP contribution < -0.4 is 0 Å². The van der Waals surface area contributed by atoms with Crippen molar-refractivity contribution in [3.05, 3.63) is 46.8 Å². The van der Waals surface area contributed by atoms with Crippen LogP contribution in [0.3, 0.4) is 0 Å². The molecule has 0 saturated carbocycles. The fraction of sp³-hybridized carbons (Fsp3) is 0.231.